The second-order valence-electron chi connectivity index (χ2n) is 6.50. The lowest BCUT2D eigenvalue weighted by Gasteiger charge is -2.35. The van der Waals surface area contributed by atoms with Gasteiger partial charge in [0.15, 0.2) is 6.61 Å². The number of hydrogen-bond acceptors (Lipinski definition) is 4. The fraction of sp³-hybridized carbons (Fsp3) is 0.579. The number of benzene rings is 1. The first kappa shape index (κ1) is 19.6. The van der Waals surface area contributed by atoms with E-state index in [1.54, 1.807) is 36.1 Å². The van der Waals surface area contributed by atoms with Gasteiger partial charge in [-0.2, -0.15) is 0 Å². The van der Waals surface area contributed by atoms with Gasteiger partial charge in [-0.1, -0.05) is 37.8 Å². The summed E-state index contributed by atoms with van der Waals surface area (Å²) in [5.74, 6) is -0.154. The molecular formula is C19H26ClNO4. The molecule has 0 heterocycles. The smallest absolute Gasteiger partial charge is 0.310 e. The number of ether oxygens (including phenoxy) is 2. The Labute approximate surface area is 154 Å². The van der Waals surface area contributed by atoms with Crippen molar-refractivity contribution in [2.75, 3.05) is 20.3 Å². The average Bonchev–Trinajstić information content (AvgIpc) is 2.65. The van der Waals surface area contributed by atoms with E-state index in [2.05, 4.69) is 0 Å². The van der Waals surface area contributed by atoms with Crippen molar-refractivity contribution in [1.29, 1.82) is 0 Å². The first-order valence-corrected chi connectivity index (χ1v) is 9.14. The molecule has 1 aromatic rings. The minimum absolute atomic E-state index is 0.0496. The predicted molar refractivity (Wildman–Crippen MR) is 96.7 cm³/mol. The summed E-state index contributed by atoms with van der Waals surface area (Å²) >= 11 is 5.85. The van der Waals surface area contributed by atoms with Crippen LogP contribution in [0.5, 0.6) is 5.75 Å². The highest BCUT2D eigenvalue weighted by atomic mass is 35.5. The molecular weight excluding hydrogens is 342 g/mol. The first-order valence-electron chi connectivity index (χ1n) is 8.77. The molecule has 0 radical (unpaired) electrons. The van der Waals surface area contributed by atoms with Crippen LogP contribution in [-0.4, -0.2) is 43.1 Å². The molecule has 1 aliphatic carbocycles. The topological polar surface area (TPSA) is 55.8 Å². The molecule has 0 saturated heterocycles. The first-order chi connectivity index (χ1) is 12.0. The number of methoxy groups -OCH3 is 1. The molecule has 2 rings (SSSR count). The zero-order chi connectivity index (χ0) is 18.2. The second kappa shape index (κ2) is 9.66. The van der Waals surface area contributed by atoms with E-state index in [9.17, 15) is 9.59 Å². The number of rotatable bonds is 7. The minimum atomic E-state index is -0.355. The standard InChI is InChI=1S/C19H26ClNO4/c1-14(19(23)24-2)12-21(16-6-4-3-5-7-16)18(22)13-25-17-10-8-15(20)9-11-17/h8-11,14,16H,3-7,12-13H2,1-2H3. The van der Waals surface area contributed by atoms with Crippen LogP contribution in [0.25, 0.3) is 0 Å². The molecule has 0 N–H and O–H groups in total. The maximum atomic E-state index is 12.8. The zero-order valence-corrected chi connectivity index (χ0v) is 15.6. The number of esters is 1. The van der Waals surface area contributed by atoms with Crippen molar-refractivity contribution in [1.82, 2.24) is 4.90 Å². The summed E-state index contributed by atoms with van der Waals surface area (Å²) in [6.07, 6.45) is 5.37. The Morgan fingerprint density at radius 2 is 1.84 bits per heavy atom. The van der Waals surface area contributed by atoms with Gasteiger partial charge in [0.2, 0.25) is 0 Å². The van der Waals surface area contributed by atoms with E-state index in [1.165, 1.54) is 13.5 Å². The average molecular weight is 368 g/mol. The van der Waals surface area contributed by atoms with E-state index in [4.69, 9.17) is 21.1 Å². The van der Waals surface area contributed by atoms with E-state index in [-0.39, 0.29) is 30.4 Å². The zero-order valence-electron chi connectivity index (χ0n) is 14.9. The predicted octanol–water partition coefficient (Wildman–Crippen LogP) is 3.69. The molecule has 138 valence electrons. The maximum Gasteiger partial charge on any atom is 0.310 e. The van der Waals surface area contributed by atoms with Crippen molar-refractivity contribution in [3.63, 3.8) is 0 Å². The van der Waals surface area contributed by atoms with Gasteiger partial charge in [-0.15, -0.1) is 0 Å². The summed E-state index contributed by atoms with van der Waals surface area (Å²) in [5.41, 5.74) is 0. The maximum absolute atomic E-state index is 12.8. The Kier molecular flexibility index (Phi) is 7.56. The van der Waals surface area contributed by atoms with Gasteiger partial charge in [-0.25, -0.2) is 0 Å². The Hall–Kier alpha value is -1.75. The summed E-state index contributed by atoms with van der Waals surface area (Å²) < 4.78 is 10.4. The van der Waals surface area contributed by atoms with Gasteiger partial charge in [0.1, 0.15) is 5.75 Å². The molecule has 1 aromatic carbocycles. The Bertz CT molecular complexity index is 569. The van der Waals surface area contributed by atoms with Crippen LogP contribution in [0, 0.1) is 5.92 Å². The molecule has 6 heteroatoms. The lowest BCUT2D eigenvalue weighted by atomic mass is 9.93. The number of halogens is 1. The van der Waals surface area contributed by atoms with Crippen molar-refractivity contribution in [3.05, 3.63) is 29.3 Å². The molecule has 1 atom stereocenters. The summed E-state index contributed by atoms with van der Waals surface area (Å²) in [7, 11) is 1.37. The van der Waals surface area contributed by atoms with Crippen LogP contribution < -0.4 is 4.74 Å². The fourth-order valence-electron chi connectivity index (χ4n) is 3.18. The normalized spacial score (nSPS) is 16.1. The van der Waals surface area contributed by atoms with Gasteiger partial charge in [-0.05, 0) is 37.1 Å². The number of carbonyl (C=O) groups excluding carboxylic acids is 2. The van der Waals surface area contributed by atoms with E-state index in [1.807, 2.05) is 0 Å². The van der Waals surface area contributed by atoms with Crippen LogP contribution in [0.15, 0.2) is 24.3 Å². The highest BCUT2D eigenvalue weighted by Crippen LogP contribution is 2.24. The molecule has 1 fully saturated rings. The van der Waals surface area contributed by atoms with Gasteiger partial charge in [0.05, 0.1) is 13.0 Å². The number of nitrogens with zero attached hydrogens (tertiary/aromatic N) is 1. The summed E-state index contributed by atoms with van der Waals surface area (Å²) in [6.45, 7) is 2.10. The quantitative estimate of drug-likeness (QED) is 0.690. The molecule has 25 heavy (non-hydrogen) atoms. The van der Waals surface area contributed by atoms with Crippen LogP contribution in [-0.2, 0) is 14.3 Å². The van der Waals surface area contributed by atoms with E-state index < -0.39 is 0 Å². The van der Waals surface area contributed by atoms with Crippen molar-refractivity contribution in [3.8, 4) is 5.75 Å². The lowest BCUT2D eigenvalue weighted by Crippen LogP contribution is -2.47. The third-order valence-electron chi connectivity index (χ3n) is 4.59. The number of carbonyl (C=O) groups is 2. The third-order valence-corrected chi connectivity index (χ3v) is 4.84. The van der Waals surface area contributed by atoms with Gasteiger partial charge in [0.25, 0.3) is 5.91 Å². The minimum Gasteiger partial charge on any atom is -0.484 e. The summed E-state index contributed by atoms with van der Waals surface area (Å²) in [6, 6.07) is 7.08. The molecule has 0 spiro atoms. The lowest BCUT2D eigenvalue weighted by molar-refractivity contribution is -0.147. The van der Waals surface area contributed by atoms with Crippen molar-refractivity contribution >= 4 is 23.5 Å². The number of amides is 1. The molecule has 0 aliphatic heterocycles. The molecule has 5 nitrogen and oxygen atoms in total. The van der Waals surface area contributed by atoms with E-state index in [0.29, 0.717) is 17.3 Å². The monoisotopic (exact) mass is 367 g/mol. The van der Waals surface area contributed by atoms with Crippen LogP contribution in [0.1, 0.15) is 39.0 Å². The molecule has 1 saturated carbocycles. The van der Waals surface area contributed by atoms with Gasteiger partial charge in [-0.3, -0.25) is 9.59 Å². The number of hydrogen-bond donors (Lipinski definition) is 0. The van der Waals surface area contributed by atoms with Gasteiger partial charge >= 0.3 is 5.97 Å². The van der Waals surface area contributed by atoms with Crippen molar-refractivity contribution < 1.29 is 19.1 Å². The van der Waals surface area contributed by atoms with Crippen LogP contribution >= 0.6 is 11.6 Å². The van der Waals surface area contributed by atoms with Crippen molar-refractivity contribution in [2.45, 2.75) is 45.1 Å². The summed E-state index contributed by atoms with van der Waals surface area (Å²) in [5, 5.41) is 0.620. The van der Waals surface area contributed by atoms with E-state index >= 15 is 0 Å². The molecule has 0 bridgehead atoms. The molecule has 1 aliphatic rings. The largest absolute Gasteiger partial charge is 0.484 e. The highest BCUT2D eigenvalue weighted by Gasteiger charge is 2.29. The summed E-state index contributed by atoms with van der Waals surface area (Å²) in [4.78, 5) is 26.3. The fourth-order valence-corrected chi connectivity index (χ4v) is 3.30. The molecule has 0 aromatic heterocycles. The van der Waals surface area contributed by atoms with Crippen molar-refractivity contribution in [2.24, 2.45) is 5.92 Å². The van der Waals surface area contributed by atoms with Crippen LogP contribution in [0.2, 0.25) is 5.02 Å². The van der Waals surface area contributed by atoms with Crippen LogP contribution in [0.3, 0.4) is 0 Å². The SMILES string of the molecule is COC(=O)C(C)CN(C(=O)COc1ccc(Cl)cc1)C1CCCCC1. The molecule has 1 amide bonds. The Morgan fingerprint density at radius 3 is 2.44 bits per heavy atom. The van der Waals surface area contributed by atoms with Gasteiger partial charge < -0.3 is 14.4 Å². The third kappa shape index (κ3) is 5.92. The Balaban J connectivity index is 2.00. The van der Waals surface area contributed by atoms with E-state index in [0.717, 1.165) is 25.7 Å². The van der Waals surface area contributed by atoms with Crippen LogP contribution in [0.4, 0.5) is 0 Å². The highest BCUT2D eigenvalue weighted by molar-refractivity contribution is 6.30. The van der Waals surface area contributed by atoms with Gasteiger partial charge in [0, 0.05) is 17.6 Å². The molecule has 1 unspecified atom stereocenters. The Morgan fingerprint density at radius 1 is 1.20 bits per heavy atom. The second-order valence-corrected chi connectivity index (χ2v) is 6.94.